The Bertz CT molecular complexity index is 633. The second kappa shape index (κ2) is 8.22. The monoisotopic (exact) mass is 362 g/mol. The van der Waals surface area contributed by atoms with Gasteiger partial charge in [0.1, 0.15) is 0 Å². The summed E-state index contributed by atoms with van der Waals surface area (Å²) in [5, 5.41) is 6.85. The number of hydrogen-bond acceptors (Lipinski definition) is 2. The molecule has 0 radical (unpaired) electrons. The van der Waals surface area contributed by atoms with Gasteiger partial charge in [-0.2, -0.15) is 0 Å². The third-order valence-electron chi connectivity index (χ3n) is 5.70. The fourth-order valence-electron chi connectivity index (χ4n) is 3.98. The minimum absolute atomic E-state index is 0.0195. The smallest absolute Gasteiger partial charge is 0.227 e. The average molecular weight is 363 g/mol. The van der Waals surface area contributed by atoms with Gasteiger partial charge in [0.05, 0.1) is 0 Å². The van der Waals surface area contributed by atoms with E-state index in [0.29, 0.717) is 11.1 Å². The van der Waals surface area contributed by atoms with Gasteiger partial charge in [-0.3, -0.25) is 9.59 Å². The maximum atomic E-state index is 12.5. The molecule has 0 aliphatic heterocycles. The number of carbonyl (C=O) groups excluding carboxylic acids is 2. The zero-order valence-electron chi connectivity index (χ0n) is 14.8. The minimum Gasteiger partial charge on any atom is -0.353 e. The van der Waals surface area contributed by atoms with Crippen molar-refractivity contribution in [3.8, 4) is 0 Å². The van der Waals surface area contributed by atoms with Gasteiger partial charge in [0.25, 0.3) is 0 Å². The zero-order valence-corrected chi connectivity index (χ0v) is 15.6. The number of amides is 2. The Labute approximate surface area is 154 Å². The van der Waals surface area contributed by atoms with Gasteiger partial charge in [0.2, 0.25) is 11.8 Å². The molecule has 0 heterocycles. The van der Waals surface area contributed by atoms with E-state index in [1.807, 2.05) is 25.1 Å². The standard InChI is InChI=1S/C20H27ClN2O2/c1-13-17(21)7-4-8-18(13)23-20(25)15-11-9-14(10-12-15)19(24)22-16-5-2-3-6-16/h4,7-8,14-16H,2-3,5-6,9-12H2,1H3,(H,22,24)(H,23,25). The first-order valence-electron chi connectivity index (χ1n) is 9.41. The molecule has 0 unspecified atom stereocenters. The van der Waals surface area contributed by atoms with Crippen molar-refractivity contribution in [2.24, 2.45) is 11.8 Å². The van der Waals surface area contributed by atoms with Gasteiger partial charge in [0.15, 0.2) is 0 Å². The summed E-state index contributed by atoms with van der Waals surface area (Å²) in [6.07, 6.45) is 7.81. The van der Waals surface area contributed by atoms with Crippen LogP contribution in [-0.2, 0) is 9.59 Å². The first kappa shape index (κ1) is 18.2. The quantitative estimate of drug-likeness (QED) is 0.831. The third kappa shape index (κ3) is 4.55. The summed E-state index contributed by atoms with van der Waals surface area (Å²) in [6, 6.07) is 5.91. The van der Waals surface area contributed by atoms with Crippen LogP contribution in [0.15, 0.2) is 18.2 Å². The molecule has 0 atom stereocenters. The summed E-state index contributed by atoms with van der Waals surface area (Å²) in [5.74, 6) is 0.280. The lowest BCUT2D eigenvalue weighted by Gasteiger charge is -2.28. The number of nitrogens with one attached hydrogen (secondary N) is 2. The van der Waals surface area contributed by atoms with E-state index in [1.165, 1.54) is 12.8 Å². The predicted molar refractivity (Wildman–Crippen MR) is 101 cm³/mol. The molecule has 0 saturated heterocycles. The van der Waals surface area contributed by atoms with Crippen molar-refractivity contribution in [2.45, 2.75) is 64.3 Å². The Morgan fingerprint density at radius 1 is 0.960 bits per heavy atom. The van der Waals surface area contributed by atoms with E-state index in [4.69, 9.17) is 11.6 Å². The van der Waals surface area contributed by atoms with Gasteiger partial charge in [-0.25, -0.2) is 0 Å². The Hall–Kier alpha value is -1.55. The van der Waals surface area contributed by atoms with Gasteiger partial charge in [-0.05, 0) is 63.1 Å². The molecule has 5 heteroatoms. The topological polar surface area (TPSA) is 58.2 Å². The van der Waals surface area contributed by atoms with Crippen molar-refractivity contribution in [1.29, 1.82) is 0 Å². The molecule has 2 amide bonds. The van der Waals surface area contributed by atoms with Crippen molar-refractivity contribution in [1.82, 2.24) is 5.32 Å². The number of carbonyl (C=O) groups is 2. The maximum absolute atomic E-state index is 12.5. The van der Waals surface area contributed by atoms with Crippen LogP contribution in [0, 0.1) is 18.8 Å². The SMILES string of the molecule is Cc1c(Cl)cccc1NC(=O)C1CCC(C(=O)NC2CCCC2)CC1. The van der Waals surface area contributed by atoms with Gasteiger partial charge in [0, 0.05) is 28.6 Å². The van der Waals surface area contributed by atoms with Crippen LogP contribution in [0.5, 0.6) is 0 Å². The molecule has 4 nitrogen and oxygen atoms in total. The lowest BCUT2D eigenvalue weighted by molar-refractivity contribution is -0.129. The van der Waals surface area contributed by atoms with E-state index in [9.17, 15) is 9.59 Å². The normalized spacial score (nSPS) is 24.1. The zero-order chi connectivity index (χ0) is 17.8. The molecule has 2 fully saturated rings. The highest BCUT2D eigenvalue weighted by Gasteiger charge is 2.31. The summed E-state index contributed by atoms with van der Waals surface area (Å²) in [5.41, 5.74) is 1.67. The lowest BCUT2D eigenvalue weighted by atomic mass is 9.81. The minimum atomic E-state index is -0.0195. The van der Waals surface area contributed by atoms with Crippen molar-refractivity contribution in [3.05, 3.63) is 28.8 Å². The maximum Gasteiger partial charge on any atom is 0.227 e. The molecule has 0 spiro atoms. The van der Waals surface area contributed by atoms with Crippen LogP contribution in [0.1, 0.15) is 56.9 Å². The van der Waals surface area contributed by atoms with Crippen LogP contribution in [-0.4, -0.2) is 17.9 Å². The molecule has 0 aromatic heterocycles. The molecule has 1 aromatic carbocycles. The summed E-state index contributed by atoms with van der Waals surface area (Å²) in [6.45, 7) is 1.90. The summed E-state index contributed by atoms with van der Waals surface area (Å²) < 4.78 is 0. The van der Waals surface area contributed by atoms with E-state index < -0.39 is 0 Å². The molecular formula is C20H27ClN2O2. The van der Waals surface area contributed by atoms with Crippen molar-refractivity contribution in [3.63, 3.8) is 0 Å². The molecular weight excluding hydrogens is 336 g/mol. The Morgan fingerprint density at radius 3 is 2.20 bits per heavy atom. The largest absolute Gasteiger partial charge is 0.353 e. The van der Waals surface area contributed by atoms with E-state index in [1.54, 1.807) is 0 Å². The van der Waals surface area contributed by atoms with Crippen molar-refractivity contribution >= 4 is 29.1 Å². The van der Waals surface area contributed by atoms with Crippen LogP contribution in [0.25, 0.3) is 0 Å². The summed E-state index contributed by atoms with van der Waals surface area (Å²) in [4.78, 5) is 24.9. The van der Waals surface area contributed by atoms with E-state index >= 15 is 0 Å². The molecule has 25 heavy (non-hydrogen) atoms. The molecule has 2 saturated carbocycles. The summed E-state index contributed by atoms with van der Waals surface area (Å²) >= 11 is 6.11. The fourth-order valence-corrected chi connectivity index (χ4v) is 4.16. The first-order valence-corrected chi connectivity index (χ1v) is 9.78. The Balaban J connectivity index is 1.48. The first-order chi connectivity index (χ1) is 12.0. The molecule has 2 aliphatic rings. The van der Waals surface area contributed by atoms with Gasteiger partial charge >= 0.3 is 0 Å². The van der Waals surface area contributed by atoms with Gasteiger partial charge in [-0.15, -0.1) is 0 Å². The number of rotatable bonds is 4. The molecule has 0 bridgehead atoms. The van der Waals surface area contributed by atoms with Gasteiger partial charge in [-0.1, -0.05) is 30.5 Å². The number of anilines is 1. The number of hydrogen-bond donors (Lipinski definition) is 2. The number of benzene rings is 1. The summed E-state index contributed by atoms with van der Waals surface area (Å²) in [7, 11) is 0. The van der Waals surface area contributed by atoms with Gasteiger partial charge < -0.3 is 10.6 Å². The molecule has 3 rings (SSSR count). The third-order valence-corrected chi connectivity index (χ3v) is 6.11. The second-order valence-electron chi connectivity index (χ2n) is 7.44. The average Bonchev–Trinajstić information content (AvgIpc) is 3.12. The molecule has 1 aromatic rings. The van der Waals surface area contributed by atoms with E-state index in [-0.39, 0.29) is 23.7 Å². The van der Waals surface area contributed by atoms with Crippen molar-refractivity contribution in [2.75, 3.05) is 5.32 Å². The predicted octanol–water partition coefficient (Wildman–Crippen LogP) is 4.45. The fraction of sp³-hybridized carbons (Fsp3) is 0.600. The van der Waals surface area contributed by atoms with E-state index in [0.717, 1.165) is 49.8 Å². The highest BCUT2D eigenvalue weighted by atomic mass is 35.5. The second-order valence-corrected chi connectivity index (χ2v) is 7.85. The number of halogens is 1. The van der Waals surface area contributed by atoms with E-state index in [2.05, 4.69) is 10.6 Å². The lowest BCUT2D eigenvalue weighted by Crippen LogP contribution is -2.39. The van der Waals surface area contributed by atoms with Crippen LogP contribution in [0.3, 0.4) is 0 Å². The molecule has 2 aliphatic carbocycles. The van der Waals surface area contributed by atoms with Crippen LogP contribution < -0.4 is 10.6 Å². The molecule has 2 N–H and O–H groups in total. The molecule has 136 valence electrons. The highest BCUT2D eigenvalue weighted by molar-refractivity contribution is 6.31. The highest BCUT2D eigenvalue weighted by Crippen LogP contribution is 2.31. The van der Waals surface area contributed by atoms with Crippen molar-refractivity contribution < 1.29 is 9.59 Å². The van der Waals surface area contributed by atoms with Crippen LogP contribution in [0.4, 0.5) is 5.69 Å². The Morgan fingerprint density at radius 2 is 1.56 bits per heavy atom. The Kier molecular flexibility index (Phi) is 6.00. The van der Waals surface area contributed by atoms with Crippen LogP contribution in [0.2, 0.25) is 5.02 Å². The van der Waals surface area contributed by atoms with Crippen LogP contribution >= 0.6 is 11.6 Å².